The second-order valence-corrected chi connectivity index (χ2v) is 7.46. The fourth-order valence-corrected chi connectivity index (χ4v) is 3.09. The maximum Gasteiger partial charge on any atom is 0.226 e. The smallest absolute Gasteiger partial charge is 0.226 e. The summed E-state index contributed by atoms with van der Waals surface area (Å²) in [4.78, 5) is 16.7. The third-order valence-corrected chi connectivity index (χ3v) is 5.03. The zero-order valence-corrected chi connectivity index (χ0v) is 18.2. The first-order valence-corrected chi connectivity index (χ1v) is 10.7. The predicted octanol–water partition coefficient (Wildman–Crippen LogP) is 2.98. The number of nitrogens with one attached hydrogen (secondary N) is 3. The Labute approximate surface area is 178 Å². The van der Waals surface area contributed by atoms with Crippen molar-refractivity contribution in [2.75, 3.05) is 51.4 Å². The summed E-state index contributed by atoms with van der Waals surface area (Å²) < 4.78 is 11.0. The highest BCUT2D eigenvalue weighted by atomic mass is 35.5. The Balaban J connectivity index is 1.63. The summed E-state index contributed by atoms with van der Waals surface area (Å²) in [5, 5.41) is 9.92. The molecule has 162 valence electrons. The van der Waals surface area contributed by atoms with Crippen LogP contribution < -0.4 is 16.0 Å². The summed E-state index contributed by atoms with van der Waals surface area (Å²) >= 11 is 6.09. The SMILES string of the molecule is CCNC(=NCCCOCC1CCOC1)NCCC(=O)Nc1cccc(Cl)c1C. The molecule has 0 aromatic heterocycles. The summed E-state index contributed by atoms with van der Waals surface area (Å²) in [5.41, 5.74) is 1.61. The Morgan fingerprint density at radius 3 is 3.00 bits per heavy atom. The number of guanidine groups is 1. The summed E-state index contributed by atoms with van der Waals surface area (Å²) in [6.07, 6.45) is 2.29. The van der Waals surface area contributed by atoms with Crippen LogP contribution in [0.15, 0.2) is 23.2 Å². The van der Waals surface area contributed by atoms with Crippen LogP contribution in [0.2, 0.25) is 5.02 Å². The molecule has 1 atom stereocenters. The Morgan fingerprint density at radius 2 is 2.24 bits per heavy atom. The molecule has 0 spiro atoms. The molecule has 29 heavy (non-hydrogen) atoms. The van der Waals surface area contributed by atoms with Gasteiger partial charge in [-0.15, -0.1) is 0 Å². The van der Waals surface area contributed by atoms with Gasteiger partial charge in [0.2, 0.25) is 5.91 Å². The molecule has 1 aliphatic heterocycles. The number of hydrogen-bond acceptors (Lipinski definition) is 4. The molecule has 0 aliphatic carbocycles. The molecule has 0 radical (unpaired) electrons. The average molecular weight is 425 g/mol. The largest absolute Gasteiger partial charge is 0.381 e. The maximum atomic E-state index is 12.2. The van der Waals surface area contributed by atoms with E-state index < -0.39 is 0 Å². The van der Waals surface area contributed by atoms with Gasteiger partial charge < -0.3 is 25.4 Å². The molecule has 2 rings (SSSR count). The predicted molar refractivity (Wildman–Crippen MR) is 118 cm³/mol. The Hall–Kier alpha value is -1.83. The van der Waals surface area contributed by atoms with Crippen molar-refractivity contribution in [2.24, 2.45) is 10.9 Å². The molecule has 1 unspecified atom stereocenters. The number of anilines is 1. The van der Waals surface area contributed by atoms with Crippen molar-refractivity contribution in [3.8, 4) is 0 Å². The van der Waals surface area contributed by atoms with Crippen molar-refractivity contribution < 1.29 is 14.3 Å². The Bertz CT molecular complexity index is 663. The van der Waals surface area contributed by atoms with Gasteiger partial charge in [-0.3, -0.25) is 9.79 Å². The van der Waals surface area contributed by atoms with Crippen molar-refractivity contribution in [2.45, 2.75) is 33.1 Å². The van der Waals surface area contributed by atoms with Crippen LogP contribution in [-0.2, 0) is 14.3 Å². The standard InChI is InChI=1S/C21H33ClN4O3/c1-3-23-21(24-10-5-12-28-14-17-9-13-29-15-17)25-11-8-20(27)26-19-7-4-6-18(22)16(19)2/h4,6-7,17H,3,5,8-15H2,1-2H3,(H,26,27)(H2,23,24,25). The van der Waals surface area contributed by atoms with Crippen LogP contribution in [0, 0.1) is 12.8 Å². The van der Waals surface area contributed by atoms with E-state index in [9.17, 15) is 4.79 Å². The lowest BCUT2D eigenvalue weighted by molar-refractivity contribution is -0.116. The number of rotatable bonds is 11. The van der Waals surface area contributed by atoms with Crippen LogP contribution in [0.3, 0.4) is 0 Å². The summed E-state index contributed by atoms with van der Waals surface area (Å²) in [6, 6.07) is 5.48. The summed E-state index contributed by atoms with van der Waals surface area (Å²) in [5.74, 6) is 1.19. The van der Waals surface area contributed by atoms with Gasteiger partial charge in [-0.2, -0.15) is 0 Å². The number of aliphatic imine (C=N–C) groups is 1. The monoisotopic (exact) mass is 424 g/mol. The minimum absolute atomic E-state index is 0.0667. The van der Waals surface area contributed by atoms with Gasteiger partial charge in [0.15, 0.2) is 5.96 Å². The highest BCUT2D eigenvalue weighted by Crippen LogP contribution is 2.22. The molecule has 1 saturated heterocycles. The van der Waals surface area contributed by atoms with Crippen LogP contribution in [0.5, 0.6) is 0 Å². The van der Waals surface area contributed by atoms with Crippen molar-refractivity contribution in [1.82, 2.24) is 10.6 Å². The summed E-state index contributed by atoms with van der Waals surface area (Å²) in [7, 11) is 0. The zero-order valence-electron chi connectivity index (χ0n) is 17.4. The van der Waals surface area contributed by atoms with Gasteiger partial charge in [-0.05, 0) is 44.4 Å². The van der Waals surface area contributed by atoms with E-state index >= 15 is 0 Å². The highest BCUT2D eigenvalue weighted by Gasteiger charge is 2.15. The van der Waals surface area contributed by atoms with Crippen LogP contribution >= 0.6 is 11.6 Å². The third kappa shape index (κ3) is 9.02. The molecule has 1 fully saturated rings. The van der Waals surface area contributed by atoms with Gasteiger partial charge in [0.1, 0.15) is 0 Å². The molecule has 8 heteroatoms. The van der Waals surface area contributed by atoms with E-state index in [0.29, 0.717) is 43.0 Å². The molecule has 1 heterocycles. The number of amides is 1. The number of carbonyl (C=O) groups is 1. The normalized spacial score (nSPS) is 16.7. The van der Waals surface area contributed by atoms with Crippen LogP contribution in [-0.4, -0.2) is 57.9 Å². The van der Waals surface area contributed by atoms with Gasteiger partial charge in [0.25, 0.3) is 0 Å². The fourth-order valence-electron chi connectivity index (χ4n) is 2.91. The number of hydrogen-bond donors (Lipinski definition) is 3. The van der Waals surface area contributed by atoms with Gasteiger partial charge in [0.05, 0.1) is 13.2 Å². The minimum Gasteiger partial charge on any atom is -0.381 e. The first kappa shape index (κ1) is 23.4. The lowest BCUT2D eigenvalue weighted by Gasteiger charge is -2.12. The van der Waals surface area contributed by atoms with E-state index in [1.807, 2.05) is 26.0 Å². The first-order valence-electron chi connectivity index (χ1n) is 10.3. The number of ether oxygens (including phenoxy) is 2. The van der Waals surface area contributed by atoms with Crippen LogP contribution in [0.25, 0.3) is 0 Å². The third-order valence-electron chi connectivity index (χ3n) is 4.62. The van der Waals surface area contributed by atoms with Gasteiger partial charge in [-0.1, -0.05) is 17.7 Å². The van der Waals surface area contributed by atoms with Crippen molar-refractivity contribution >= 4 is 29.2 Å². The maximum absolute atomic E-state index is 12.2. The molecule has 1 aliphatic rings. The van der Waals surface area contributed by atoms with Crippen molar-refractivity contribution in [1.29, 1.82) is 0 Å². The van der Waals surface area contributed by atoms with E-state index in [4.69, 9.17) is 21.1 Å². The molecule has 0 bridgehead atoms. The van der Waals surface area contributed by atoms with Crippen molar-refractivity contribution in [3.05, 3.63) is 28.8 Å². The second kappa shape index (κ2) is 13.4. The molecule has 0 saturated carbocycles. The topological polar surface area (TPSA) is 84.0 Å². The molecular weight excluding hydrogens is 392 g/mol. The lowest BCUT2D eigenvalue weighted by atomic mass is 10.1. The van der Waals surface area contributed by atoms with E-state index in [1.165, 1.54) is 0 Å². The van der Waals surface area contributed by atoms with E-state index in [-0.39, 0.29) is 5.91 Å². The minimum atomic E-state index is -0.0667. The van der Waals surface area contributed by atoms with Crippen LogP contribution in [0.1, 0.15) is 31.7 Å². The molecule has 1 aromatic carbocycles. The Kier molecular flexibility index (Phi) is 10.8. The highest BCUT2D eigenvalue weighted by molar-refractivity contribution is 6.31. The molecule has 3 N–H and O–H groups in total. The summed E-state index contributed by atoms with van der Waals surface area (Å²) in [6.45, 7) is 8.96. The number of halogens is 1. The van der Waals surface area contributed by atoms with Gasteiger partial charge in [-0.25, -0.2) is 0 Å². The second-order valence-electron chi connectivity index (χ2n) is 7.06. The molecule has 1 aromatic rings. The van der Waals surface area contributed by atoms with E-state index in [2.05, 4.69) is 20.9 Å². The van der Waals surface area contributed by atoms with E-state index in [1.54, 1.807) is 6.07 Å². The van der Waals surface area contributed by atoms with Gasteiger partial charge in [0, 0.05) is 55.9 Å². The number of benzene rings is 1. The molecule has 1 amide bonds. The zero-order chi connectivity index (χ0) is 20.9. The fraction of sp³-hybridized carbons (Fsp3) is 0.619. The molecular formula is C21H33ClN4O3. The quantitative estimate of drug-likeness (QED) is 0.289. The molecule has 7 nitrogen and oxygen atoms in total. The van der Waals surface area contributed by atoms with Gasteiger partial charge >= 0.3 is 0 Å². The first-order chi connectivity index (χ1) is 14.1. The van der Waals surface area contributed by atoms with E-state index in [0.717, 1.165) is 50.5 Å². The lowest BCUT2D eigenvalue weighted by Crippen LogP contribution is -2.38. The van der Waals surface area contributed by atoms with Crippen molar-refractivity contribution in [3.63, 3.8) is 0 Å². The van der Waals surface area contributed by atoms with Crippen LogP contribution in [0.4, 0.5) is 5.69 Å². The number of carbonyl (C=O) groups excluding carboxylic acids is 1. The Morgan fingerprint density at radius 1 is 1.38 bits per heavy atom. The number of nitrogens with zero attached hydrogens (tertiary/aromatic N) is 1. The average Bonchev–Trinajstić information content (AvgIpc) is 3.21.